The van der Waals surface area contributed by atoms with E-state index in [1.165, 1.54) is 5.51 Å². The van der Waals surface area contributed by atoms with Gasteiger partial charge in [0.25, 0.3) is 10.0 Å². The second-order valence-corrected chi connectivity index (χ2v) is 7.06. The van der Waals surface area contributed by atoms with Gasteiger partial charge in [-0.2, -0.15) is 0 Å². The lowest BCUT2D eigenvalue weighted by Crippen LogP contribution is -2.15. The second-order valence-electron chi connectivity index (χ2n) is 3.41. The fraction of sp³-hybridized carbons (Fsp3) is 0. The zero-order chi connectivity index (χ0) is 14.0. The van der Waals surface area contributed by atoms with Crippen LogP contribution in [0.2, 0.25) is 0 Å². The molecule has 0 aliphatic heterocycles. The van der Waals surface area contributed by atoms with Crippen LogP contribution in [0.1, 0.15) is 10.5 Å². The molecule has 0 aliphatic carbocycles. The van der Waals surface area contributed by atoms with Gasteiger partial charge < -0.3 is 5.11 Å². The largest absolute Gasteiger partial charge is 0.476 e. The number of aromatic nitrogens is 1. The summed E-state index contributed by atoms with van der Waals surface area (Å²) in [6.45, 7) is 0. The molecule has 0 saturated heterocycles. The highest BCUT2D eigenvalue weighted by Crippen LogP contribution is 2.24. The van der Waals surface area contributed by atoms with Crippen molar-refractivity contribution in [2.24, 2.45) is 0 Å². The predicted octanol–water partition coefficient (Wildman–Crippen LogP) is 2.40. The van der Waals surface area contributed by atoms with Crippen molar-refractivity contribution < 1.29 is 18.3 Å². The molecule has 0 spiro atoms. The van der Waals surface area contributed by atoms with Crippen LogP contribution in [-0.2, 0) is 10.0 Å². The van der Waals surface area contributed by atoms with Gasteiger partial charge in [0, 0.05) is 10.2 Å². The van der Waals surface area contributed by atoms with E-state index < -0.39 is 21.7 Å². The van der Waals surface area contributed by atoms with E-state index in [4.69, 9.17) is 5.11 Å². The summed E-state index contributed by atoms with van der Waals surface area (Å²) < 4.78 is 26.9. The number of carbonyl (C=O) groups is 1. The summed E-state index contributed by atoms with van der Waals surface area (Å²) in [5.41, 5.74) is 1.03. The van der Waals surface area contributed by atoms with E-state index in [0.29, 0.717) is 10.2 Å². The minimum Gasteiger partial charge on any atom is -0.476 e. The first-order chi connectivity index (χ1) is 8.90. The highest BCUT2D eigenvalue weighted by molar-refractivity contribution is 9.10. The fourth-order valence-electron chi connectivity index (χ4n) is 1.32. The van der Waals surface area contributed by atoms with Crippen molar-refractivity contribution in [2.45, 2.75) is 4.21 Å². The maximum Gasteiger partial charge on any atom is 0.356 e. The average Bonchev–Trinajstić information content (AvgIpc) is 2.77. The highest BCUT2D eigenvalue weighted by atomic mass is 79.9. The number of hydrogen-bond donors (Lipinski definition) is 2. The Morgan fingerprint density at radius 3 is 2.79 bits per heavy atom. The molecule has 2 rings (SSSR count). The third-order valence-electron chi connectivity index (χ3n) is 2.06. The van der Waals surface area contributed by atoms with Gasteiger partial charge in [-0.25, -0.2) is 18.2 Å². The van der Waals surface area contributed by atoms with E-state index in [2.05, 4.69) is 25.6 Å². The molecule has 0 aliphatic rings. The smallest absolute Gasteiger partial charge is 0.356 e. The number of carboxylic acids is 1. The van der Waals surface area contributed by atoms with Gasteiger partial charge in [0.15, 0.2) is 9.90 Å². The Morgan fingerprint density at radius 1 is 1.42 bits per heavy atom. The number of nitrogens with zero attached hydrogens (tertiary/aromatic N) is 1. The molecule has 1 aromatic heterocycles. The van der Waals surface area contributed by atoms with Crippen LogP contribution in [0.25, 0.3) is 0 Å². The van der Waals surface area contributed by atoms with Crippen molar-refractivity contribution in [1.82, 2.24) is 4.98 Å². The summed E-state index contributed by atoms with van der Waals surface area (Å²) in [5.74, 6) is -1.38. The molecular formula is C10H7BrN2O4S2. The van der Waals surface area contributed by atoms with E-state index in [1.54, 1.807) is 24.3 Å². The Bertz CT molecular complexity index is 727. The first-order valence-corrected chi connectivity index (χ1v) is 8.01. The molecule has 9 heteroatoms. The van der Waals surface area contributed by atoms with E-state index in [1.807, 2.05) is 0 Å². The number of benzene rings is 1. The summed E-state index contributed by atoms with van der Waals surface area (Å²) in [7, 11) is -3.96. The number of halogens is 1. The number of carboxylic acid groups (broad SMARTS) is 1. The first kappa shape index (κ1) is 14.0. The molecule has 0 bridgehead atoms. The summed E-state index contributed by atoms with van der Waals surface area (Å²) in [5, 5.41) is 8.87. The molecule has 0 fully saturated rings. The maximum absolute atomic E-state index is 12.1. The number of anilines is 1. The fourth-order valence-corrected chi connectivity index (χ4v) is 3.91. The van der Waals surface area contributed by atoms with Gasteiger partial charge in [0.1, 0.15) is 0 Å². The summed E-state index contributed by atoms with van der Waals surface area (Å²) >= 11 is 3.97. The van der Waals surface area contributed by atoms with Crippen molar-refractivity contribution in [1.29, 1.82) is 0 Å². The van der Waals surface area contributed by atoms with Crippen LogP contribution >= 0.6 is 27.3 Å². The van der Waals surface area contributed by atoms with Crippen molar-refractivity contribution in [3.05, 3.63) is 39.9 Å². The number of thiazole rings is 1. The van der Waals surface area contributed by atoms with Crippen LogP contribution in [0.4, 0.5) is 5.69 Å². The molecule has 0 radical (unpaired) electrons. The van der Waals surface area contributed by atoms with Crippen molar-refractivity contribution in [2.75, 3.05) is 4.72 Å². The standard InChI is InChI=1S/C10H7BrN2O4S2/c11-6-2-1-3-7(4-6)13-19(16,17)10-8(9(14)15)12-5-18-10/h1-5,13H,(H,14,15). The average molecular weight is 363 g/mol. The van der Waals surface area contributed by atoms with Gasteiger partial charge >= 0.3 is 5.97 Å². The number of hydrogen-bond acceptors (Lipinski definition) is 5. The van der Waals surface area contributed by atoms with E-state index in [0.717, 1.165) is 11.3 Å². The van der Waals surface area contributed by atoms with Crippen LogP contribution in [0.15, 0.2) is 38.5 Å². The molecule has 6 nitrogen and oxygen atoms in total. The minimum atomic E-state index is -3.96. The molecule has 100 valence electrons. The van der Waals surface area contributed by atoms with Gasteiger partial charge in [0.2, 0.25) is 0 Å². The minimum absolute atomic E-state index is 0.319. The molecule has 1 aromatic carbocycles. The van der Waals surface area contributed by atoms with Crippen molar-refractivity contribution in [3.8, 4) is 0 Å². The zero-order valence-electron chi connectivity index (χ0n) is 9.20. The van der Waals surface area contributed by atoms with Crippen LogP contribution < -0.4 is 4.72 Å². The topological polar surface area (TPSA) is 96.4 Å². The summed E-state index contributed by atoms with van der Waals surface area (Å²) in [6, 6.07) is 6.53. The lowest BCUT2D eigenvalue weighted by Gasteiger charge is -2.06. The maximum atomic E-state index is 12.1. The second kappa shape index (κ2) is 5.27. The van der Waals surface area contributed by atoms with E-state index >= 15 is 0 Å². The first-order valence-electron chi connectivity index (χ1n) is 4.85. The number of nitrogens with one attached hydrogen (secondary N) is 1. The van der Waals surface area contributed by atoms with Gasteiger partial charge in [-0.05, 0) is 18.2 Å². The van der Waals surface area contributed by atoms with Crippen LogP contribution in [-0.4, -0.2) is 24.5 Å². The van der Waals surface area contributed by atoms with Crippen molar-refractivity contribution in [3.63, 3.8) is 0 Å². The number of rotatable bonds is 4. The normalized spacial score (nSPS) is 11.2. The van der Waals surface area contributed by atoms with Gasteiger partial charge in [0.05, 0.1) is 5.51 Å². The quantitative estimate of drug-likeness (QED) is 0.870. The summed E-state index contributed by atoms with van der Waals surface area (Å²) in [4.78, 5) is 14.4. The molecule has 0 atom stereocenters. The summed E-state index contributed by atoms with van der Waals surface area (Å²) in [6.07, 6.45) is 0. The Morgan fingerprint density at radius 2 is 2.16 bits per heavy atom. The molecule has 0 saturated carbocycles. The van der Waals surface area contributed by atoms with Crippen LogP contribution in [0, 0.1) is 0 Å². The van der Waals surface area contributed by atoms with Crippen LogP contribution in [0.3, 0.4) is 0 Å². The van der Waals surface area contributed by atoms with Gasteiger partial charge in [-0.3, -0.25) is 4.72 Å². The lowest BCUT2D eigenvalue weighted by molar-refractivity contribution is 0.0687. The molecule has 2 N–H and O–H groups in total. The molecular weight excluding hydrogens is 356 g/mol. The zero-order valence-corrected chi connectivity index (χ0v) is 12.4. The van der Waals surface area contributed by atoms with Gasteiger partial charge in [-0.15, -0.1) is 11.3 Å². The van der Waals surface area contributed by atoms with E-state index in [-0.39, 0.29) is 4.21 Å². The SMILES string of the molecule is O=C(O)c1ncsc1S(=O)(=O)Nc1cccc(Br)c1. The van der Waals surface area contributed by atoms with Crippen LogP contribution in [0.5, 0.6) is 0 Å². The highest BCUT2D eigenvalue weighted by Gasteiger charge is 2.25. The number of aromatic carboxylic acids is 1. The van der Waals surface area contributed by atoms with Crippen molar-refractivity contribution >= 4 is 48.9 Å². The third kappa shape index (κ3) is 3.11. The Hall–Kier alpha value is -1.45. The Labute approximate surface area is 121 Å². The molecule has 0 unspecified atom stereocenters. The Balaban J connectivity index is 2.38. The number of sulfonamides is 1. The third-order valence-corrected chi connectivity index (χ3v) is 5.30. The molecule has 0 amide bonds. The van der Waals surface area contributed by atoms with Gasteiger partial charge in [-0.1, -0.05) is 22.0 Å². The van der Waals surface area contributed by atoms with E-state index in [9.17, 15) is 13.2 Å². The Kier molecular flexibility index (Phi) is 3.88. The molecule has 19 heavy (non-hydrogen) atoms. The molecule has 2 aromatic rings. The lowest BCUT2D eigenvalue weighted by atomic mass is 10.3. The monoisotopic (exact) mass is 362 g/mol. The predicted molar refractivity (Wildman–Crippen MR) is 74.0 cm³/mol. The molecule has 1 heterocycles.